The molecule has 0 saturated heterocycles. The molecule has 0 spiro atoms. The van der Waals surface area contributed by atoms with Gasteiger partial charge in [-0.1, -0.05) is 0 Å². The van der Waals surface area contributed by atoms with Crippen LogP contribution in [0.25, 0.3) is 0 Å². The van der Waals surface area contributed by atoms with Crippen LogP contribution >= 0.6 is 15.9 Å². The zero-order valence-electron chi connectivity index (χ0n) is 10.8. The molecule has 1 aromatic carbocycles. The van der Waals surface area contributed by atoms with Crippen molar-refractivity contribution in [2.45, 2.75) is 6.92 Å². The van der Waals surface area contributed by atoms with Gasteiger partial charge in [0.05, 0.1) is 4.92 Å². The molecule has 6 nitrogen and oxygen atoms in total. The molecular weight excluding hydrogens is 345 g/mol. The third-order valence-electron chi connectivity index (χ3n) is 2.69. The Balaban J connectivity index is 2.26. The van der Waals surface area contributed by atoms with Gasteiger partial charge in [-0.05, 0) is 46.6 Å². The van der Waals surface area contributed by atoms with Crippen LogP contribution in [0.15, 0.2) is 34.9 Å². The summed E-state index contributed by atoms with van der Waals surface area (Å²) in [6, 6.07) is 4.58. The van der Waals surface area contributed by atoms with E-state index in [2.05, 4.69) is 26.2 Å². The fourth-order valence-corrected chi connectivity index (χ4v) is 1.81. The Morgan fingerprint density at radius 2 is 2.14 bits per heavy atom. The number of aromatic nitrogens is 1. The third-order valence-corrected chi connectivity index (χ3v) is 3.52. The first kappa shape index (κ1) is 15.0. The van der Waals surface area contributed by atoms with Gasteiger partial charge in [0.2, 0.25) is 5.82 Å². The van der Waals surface area contributed by atoms with Gasteiger partial charge in [0, 0.05) is 22.3 Å². The molecule has 0 radical (unpaired) electrons. The Bertz CT molecular complexity index is 737. The minimum absolute atomic E-state index is 0.0227. The lowest BCUT2D eigenvalue weighted by molar-refractivity contribution is -0.387. The first-order valence-electron chi connectivity index (χ1n) is 5.76. The smallest absolute Gasteiger partial charge is 0.305 e. The average Bonchev–Trinajstić information content (AvgIpc) is 2.43. The van der Waals surface area contributed by atoms with Gasteiger partial charge in [-0.2, -0.15) is 4.39 Å². The summed E-state index contributed by atoms with van der Waals surface area (Å²) >= 11 is 3.28. The molecule has 0 aliphatic carbocycles. The maximum atomic E-state index is 13.2. The molecule has 0 saturated carbocycles. The minimum atomic E-state index is -0.992. The summed E-state index contributed by atoms with van der Waals surface area (Å²) < 4.78 is 14.0. The third kappa shape index (κ3) is 3.40. The summed E-state index contributed by atoms with van der Waals surface area (Å²) in [4.78, 5) is 25.8. The number of hydrogen-bond donors (Lipinski definition) is 1. The summed E-state index contributed by atoms with van der Waals surface area (Å²) in [7, 11) is 0. The summed E-state index contributed by atoms with van der Waals surface area (Å²) in [6.07, 6.45) is 1.53. The van der Waals surface area contributed by atoms with Gasteiger partial charge in [0.15, 0.2) is 0 Å². The normalized spacial score (nSPS) is 10.2. The predicted molar refractivity (Wildman–Crippen MR) is 77.7 cm³/mol. The van der Waals surface area contributed by atoms with Crippen LogP contribution in [-0.4, -0.2) is 15.8 Å². The van der Waals surface area contributed by atoms with Crippen molar-refractivity contribution in [3.63, 3.8) is 0 Å². The number of halogens is 2. The van der Waals surface area contributed by atoms with Gasteiger partial charge < -0.3 is 5.32 Å². The fraction of sp³-hybridized carbons (Fsp3) is 0.0769. The average molecular weight is 354 g/mol. The molecule has 2 aromatic rings. The summed E-state index contributed by atoms with van der Waals surface area (Å²) in [5, 5.41) is 13.1. The molecule has 0 fully saturated rings. The molecule has 0 aliphatic rings. The van der Waals surface area contributed by atoms with E-state index >= 15 is 0 Å². The van der Waals surface area contributed by atoms with Gasteiger partial charge in [-0.25, -0.2) is 4.98 Å². The Morgan fingerprint density at radius 3 is 2.76 bits per heavy atom. The van der Waals surface area contributed by atoms with E-state index in [0.29, 0.717) is 5.82 Å². The number of benzene rings is 1. The quantitative estimate of drug-likeness (QED) is 0.676. The second-order valence-electron chi connectivity index (χ2n) is 4.20. The minimum Gasteiger partial charge on any atom is -0.307 e. The van der Waals surface area contributed by atoms with Gasteiger partial charge in [-0.3, -0.25) is 14.9 Å². The van der Waals surface area contributed by atoms with Gasteiger partial charge >= 0.3 is 5.69 Å². The van der Waals surface area contributed by atoms with Gasteiger partial charge in [0.1, 0.15) is 5.82 Å². The van der Waals surface area contributed by atoms with E-state index in [1.165, 1.54) is 12.3 Å². The van der Waals surface area contributed by atoms with Crippen molar-refractivity contribution >= 4 is 33.3 Å². The first-order chi connectivity index (χ1) is 9.88. The van der Waals surface area contributed by atoms with Gasteiger partial charge in [-0.15, -0.1) is 0 Å². The molecule has 1 heterocycles. The molecule has 21 heavy (non-hydrogen) atoms. The fourth-order valence-electron chi connectivity index (χ4n) is 1.59. The molecule has 0 atom stereocenters. The molecule has 0 aliphatic heterocycles. The van der Waals surface area contributed by atoms with Crippen LogP contribution in [0.2, 0.25) is 0 Å². The zero-order valence-corrected chi connectivity index (χ0v) is 12.3. The molecule has 108 valence electrons. The van der Waals surface area contributed by atoms with E-state index in [1.54, 1.807) is 6.07 Å². The van der Waals surface area contributed by atoms with Crippen LogP contribution in [0.4, 0.5) is 15.9 Å². The molecule has 1 aromatic heterocycles. The van der Waals surface area contributed by atoms with Crippen molar-refractivity contribution in [3.8, 4) is 0 Å². The Labute approximate surface area is 127 Å². The van der Waals surface area contributed by atoms with E-state index in [9.17, 15) is 19.3 Å². The SMILES string of the molecule is Cc1cc(NC(=O)c2ccc(F)c([N+](=O)[O-])c2)ncc1Br. The summed E-state index contributed by atoms with van der Waals surface area (Å²) in [5.41, 5.74) is 0.0958. The molecule has 1 N–H and O–H groups in total. The molecule has 0 bridgehead atoms. The van der Waals surface area contributed by atoms with Crippen LogP contribution < -0.4 is 5.32 Å². The van der Waals surface area contributed by atoms with E-state index in [0.717, 1.165) is 22.2 Å². The number of nitro benzene ring substituents is 1. The predicted octanol–water partition coefficient (Wildman–Crippen LogP) is 3.45. The number of carbonyl (C=O) groups is 1. The number of hydrogen-bond acceptors (Lipinski definition) is 4. The Morgan fingerprint density at radius 1 is 1.43 bits per heavy atom. The van der Waals surface area contributed by atoms with E-state index in [4.69, 9.17) is 0 Å². The van der Waals surface area contributed by atoms with Crippen molar-refractivity contribution in [1.82, 2.24) is 4.98 Å². The maximum absolute atomic E-state index is 13.2. The standard InChI is InChI=1S/C13H9BrFN3O3/c1-7-4-12(16-6-9(7)14)17-13(19)8-2-3-10(15)11(5-8)18(20)21/h2-6H,1H3,(H,16,17,19). The molecule has 2 rings (SSSR count). The number of amides is 1. The van der Waals surface area contributed by atoms with Crippen molar-refractivity contribution in [2.75, 3.05) is 5.32 Å². The molecule has 8 heteroatoms. The molecule has 0 unspecified atom stereocenters. The number of nitrogens with zero attached hydrogens (tertiary/aromatic N) is 2. The number of aryl methyl sites for hydroxylation is 1. The van der Waals surface area contributed by atoms with Crippen LogP contribution in [-0.2, 0) is 0 Å². The van der Waals surface area contributed by atoms with Crippen LogP contribution in [0.5, 0.6) is 0 Å². The summed E-state index contributed by atoms with van der Waals surface area (Å²) in [5.74, 6) is -1.30. The number of nitro groups is 1. The highest BCUT2D eigenvalue weighted by atomic mass is 79.9. The van der Waals surface area contributed by atoms with Crippen LogP contribution in [0.1, 0.15) is 15.9 Å². The van der Waals surface area contributed by atoms with Crippen LogP contribution in [0.3, 0.4) is 0 Å². The summed E-state index contributed by atoms with van der Waals surface area (Å²) in [6.45, 7) is 1.82. The Hall–Kier alpha value is -2.35. The lowest BCUT2D eigenvalue weighted by Gasteiger charge is -2.06. The zero-order chi connectivity index (χ0) is 15.6. The van der Waals surface area contributed by atoms with E-state index in [1.807, 2.05) is 6.92 Å². The van der Waals surface area contributed by atoms with E-state index < -0.39 is 22.3 Å². The number of rotatable bonds is 3. The topological polar surface area (TPSA) is 85.1 Å². The number of anilines is 1. The number of nitrogens with one attached hydrogen (secondary N) is 1. The lowest BCUT2D eigenvalue weighted by Crippen LogP contribution is -2.13. The first-order valence-corrected chi connectivity index (χ1v) is 6.55. The maximum Gasteiger partial charge on any atom is 0.305 e. The van der Waals surface area contributed by atoms with E-state index in [-0.39, 0.29) is 5.56 Å². The number of carbonyl (C=O) groups excluding carboxylic acids is 1. The monoisotopic (exact) mass is 353 g/mol. The van der Waals surface area contributed by atoms with Crippen LogP contribution in [0, 0.1) is 22.9 Å². The van der Waals surface area contributed by atoms with Gasteiger partial charge in [0.25, 0.3) is 5.91 Å². The highest BCUT2D eigenvalue weighted by molar-refractivity contribution is 9.10. The second-order valence-corrected chi connectivity index (χ2v) is 5.05. The van der Waals surface area contributed by atoms with Crippen molar-refractivity contribution in [3.05, 3.63) is 62.0 Å². The number of pyridine rings is 1. The van der Waals surface area contributed by atoms with Crippen molar-refractivity contribution in [2.24, 2.45) is 0 Å². The second kappa shape index (κ2) is 5.96. The largest absolute Gasteiger partial charge is 0.307 e. The Kier molecular flexibility index (Phi) is 4.27. The highest BCUT2D eigenvalue weighted by Crippen LogP contribution is 2.20. The van der Waals surface area contributed by atoms with Crippen molar-refractivity contribution < 1.29 is 14.1 Å². The van der Waals surface area contributed by atoms with Crippen molar-refractivity contribution in [1.29, 1.82) is 0 Å². The highest BCUT2D eigenvalue weighted by Gasteiger charge is 2.17. The molecule has 1 amide bonds. The lowest BCUT2D eigenvalue weighted by atomic mass is 10.2. The molecular formula is C13H9BrFN3O3.